The number of nitrogens with one attached hydrogen (secondary N) is 3. The van der Waals surface area contributed by atoms with Gasteiger partial charge in [-0.05, 0) is 43.1 Å². The highest BCUT2D eigenvalue weighted by molar-refractivity contribution is 5.96. The summed E-state index contributed by atoms with van der Waals surface area (Å²) in [7, 11) is 3.19. The second-order valence-electron chi connectivity index (χ2n) is 7.65. The van der Waals surface area contributed by atoms with E-state index in [1.54, 1.807) is 26.4 Å². The zero-order valence-electron chi connectivity index (χ0n) is 18.8. The normalized spacial score (nSPS) is 13.5. The monoisotopic (exact) mass is 458 g/mol. The number of aliphatic hydroxyl groups excluding tert-OH is 1. The van der Waals surface area contributed by atoms with Crippen LogP contribution >= 0.6 is 0 Å². The van der Waals surface area contributed by atoms with Crippen molar-refractivity contribution in [1.82, 2.24) is 5.32 Å². The molecule has 0 saturated heterocycles. The van der Waals surface area contributed by atoms with Crippen molar-refractivity contribution in [2.24, 2.45) is 5.73 Å². The molecule has 10 heteroatoms. The fourth-order valence-electron chi connectivity index (χ4n) is 3.59. The third kappa shape index (κ3) is 6.74. The zero-order valence-corrected chi connectivity index (χ0v) is 18.8. The third-order valence-electron chi connectivity index (χ3n) is 5.20. The van der Waals surface area contributed by atoms with E-state index >= 15 is 0 Å². The topological polar surface area (TPSA) is 144 Å². The van der Waals surface area contributed by atoms with Crippen LogP contribution in [0.3, 0.4) is 0 Å². The molecule has 1 heterocycles. The lowest BCUT2D eigenvalue weighted by Gasteiger charge is -2.22. The molecule has 1 aliphatic rings. The van der Waals surface area contributed by atoms with Gasteiger partial charge in [0.25, 0.3) is 0 Å². The first-order valence-corrected chi connectivity index (χ1v) is 10.6. The van der Waals surface area contributed by atoms with Crippen molar-refractivity contribution in [2.45, 2.75) is 25.4 Å². The number of ether oxygens (including phenoxy) is 3. The van der Waals surface area contributed by atoms with Gasteiger partial charge < -0.3 is 41.0 Å². The number of urea groups is 1. The van der Waals surface area contributed by atoms with Gasteiger partial charge in [0, 0.05) is 36.0 Å². The first-order valence-electron chi connectivity index (χ1n) is 10.6. The van der Waals surface area contributed by atoms with Crippen LogP contribution in [0.25, 0.3) is 0 Å². The van der Waals surface area contributed by atoms with Crippen LogP contribution in [0, 0.1) is 0 Å². The van der Waals surface area contributed by atoms with Gasteiger partial charge in [-0.3, -0.25) is 4.79 Å². The molecule has 10 nitrogen and oxygen atoms in total. The molecular formula is C23H30N4O6. The molecule has 0 spiro atoms. The van der Waals surface area contributed by atoms with Gasteiger partial charge in [-0.2, -0.15) is 0 Å². The number of rotatable bonds is 11. The van der Waals surface area contributed by atoms with Gasteiger partial charge in [-0.1, -0.05) is 6.07 Å². The molecule has 0 saturated carbocycles. The smallest absolute Gasteiger partial charge is 0.316 e. The summed E-state index contributed by atoms with van der Waals surface area (Å²) in [5, 5.41) is 18.8. The van der Waals surface area contributed by atoms with Crippen LogP contribution in [0.4, 0.5) is 16.2 Å². The second-order valence-corrected chi connectivity index (χ2v) is 7.65. The van der Waals surface area contributed by atoms with Gasteiger partial charge in [0.1, 0.15) is 18.5 Å². The maximum absolute atomic E-state index is 11.7. The number of carbonyl (C=O) groups excluding carboxylic acids is 2. The Balaban J connectivity index is 1.51. The summed E-state index contributed by atoms with van der Waals surface area (Å²) in [6.45, 7) is 1.04. The Morgan fingerprint density at radius 3 is 2.67 bits per heavy atom. The highest BCUT2D eigenvalue weighted by atomic mass is 16.5. The van der Waals surface area contributed by atoms with E-state index in [0.29, 0.717) is 54.6 Å². The zero-order chi connectivity index (χ0) is 23.8. The lowest BCUT2D eigenvalue weighted by molar-refractivity contribution is -0.116. The van der Waals surface area contributed by atoms with Crippen LogP contribution in [0.1, 0.15) is 17.5 Å². The summed E-state index contributed by atoms with van der Waals surface area (Å²) in [6.07, 6.45) is 0.846. The highest BCUT2D eigenvalue weighted by Gasteiger charge is 2.21. The number of hydrogen-bond donors (Lipinski definition) is 5. The number of amides is 3. The predicted molar refractivity (Wildman–Crippen MR) is 124 cm³/mol. The van der Waals surface area contributed by atoms with Crippen molar-refractivity contribution in [3.8, 4) is 17.2 Å². The minimum Gasteiger partial charge on any atom is -0.493 e. The molecule has 0 bridgehead atoms. The molecule has 0 aliphatic carbocycles. The standard InChI is InChI=1S/C23H30N4O6/c1-31-19-5-3-14(9-21(19)32-2)7-8-25-12-16(28)13-33-20-11-15(26-23(24)30)10-18-17(20)4-6-22(29)27-18/h3,5,9-11,16,25,28H,4,6-8,12-13H2,1-2H3,(H,27,29)(H3,24,26,30). The van der Waals surface area contributed by atoms with Crippen LogP contribution in [0.5, 0.6) is 17.2 Å². The fraction of sp³-hybridized carbons (Fsp3) is 0.391. The van der Waals surface area contributed by atoms with Crippen LogP contribution in [0.2, 0.25) is 0 Å². The first-order chi connectivity index (χ1) is 15.9. The minimum atomic E-state index is -0.753. The molecule has 1 atom stereocenters. The van der Waals surface area contributed by atoms with E-state index in [0.717, 1.165) is 17.5 Å². The molecule has 1 unspecified atom stereocenters. The molecule has 0 fully saturated rings. The Kier molecular flexibility index (Phi) is 8.34. The number of anilines is 2. The van der Waals surface area contributed by atoms with E-state index in [1.165, 1.54) is 0 Å². The quantitative estimate of drug-likeness (QED) is 0.322. The molecule has 3 amide bonds. The van der Waals surface area contributed by atoms with Gasteiger partial charge in [0.15, 0.2) is 11.5 Å². The lowest BCUT2D eigenvalue weighted by atomic mass is 10.0. The SMILES string of the molecule is COc1ccc(CCNCC(O)COc2cc(NC(N)=O)cc3c2CCC(=O)N3)cc1OC. The lowest BCUT2D eigenvalue weighted by Crippen LogP contribution is -2.32. The highest BCUT2D eigenvalue weighted by Crippen LogP contribution is 2.35. The minimum absolute atomic E-state index is 0.0454. The van der Waals surface area contributed by atoms with E-state index < -0.39 is 12.1 Å². The molecular weight excluding hydrogens is 428 g/mol. The van der Waals surface area contributed by atoms with Crippen molar-refractivity contribution in [2.75, 3.05) is 44.5 Å². The van der Waals surface area contributed by atoms with Gasteiger partial charge in [-0.15, -0.1) is 0 Å². The molecule has 1 aliphatic heterocycles. The van der Waals surface area contributed by atoms with Crippen molar-refractivity contribution < 1.29 is 28.9 Å². The maximum atomic E-state index is 11.7. The summed E-state index contributed by atoms with van der Waals surface area (Å²) in [4.78, 5) is 22.9. The number of primary amides is 1. The van der Waals surface area contributed by atoms with Gasteiger partial charge >= 0.3 is 6.03 Å². The predicted octanol–water partition coefficient (Wildman–Crippen LogP) is 1.65. The molecule has 2 aromatic carbocycles. The number of hydrogen-bond acceptors (Lipinski definition) is 7. The average Bonchev–Trinajstić information content (AvgIpc) is 2.79. The number of benzene rings is 2. The summed E-state index contributed by atoms with van der Waals surface area (Å²) >= 11 is 0. The molecule has 0 aromatic heterocycles. The first kappa shape index (κ1) is 24.1. The fourth-order valence-corrected chi connectivity index (χ4v) is 3.59. The van der Waals surface area contributed by atoms with Gasteiger partial charge in [0.05, 0.1) is 14.2 Å². The molecule has 2 aromatic rings. The van der Waals surface area contributed by atoms with Crippen LogP contribution < -0.4 is 35.9 Å². The van der Waals surface area contributed by atoms with Crippen LogP contribution in [0.15, 0.2) is 30.3 Å². The number of carbonyl (C=O) groups is 2. The maximum Gasteiger partial charge on any atom is 0.316 e. The summed E-state index contributed by atoms with van der Waals surface area (Å²) in [5.41, 5.74) is 8.07. The number of nitrogens with two attached hydrogens (primary N) is 1. The molecule has 6 N–H and O–H groups in total. The second kappa shape index (κ2) is 11.4. The third-order valence-corrected chi connectivity index (χ3v) is 5.20. The van der Waals surface area contributed by atoms with Crippen molar-refractivity contribution in [3.63, 3.8) is 0 Å². The number of aliphatic hydroxyl groups is 1. The Morgan fingerprint density at radius 1 is 1.15 bits per heavy atom. The van der Waals surface area contributed by atoms with E-state index in [2.05, 4.69) is 16.0 Å². The number of fused-ring (bicyclic) bond motifs is 1. The Hall–Kier alpha value is -3.50. The Bertz CT molecular complexity index is 997. The van der Waals surface area contributed by atoms with E-state index in [4.69, 9.17) is 19.9 Å². The average molecular weight is 459 g/mol. The van der Waals surface area contributed by atoms with Crippen LogP contribution in [-0.4, -0.2) is 57.1 Å². The van der Waals surface area contributed by atoms with E-state index in [1.807, 2.05) is 18.2 Å². The van der Waals surface area contributed by atoms with E-state index in [-0.39, 0.29) is 12.5 Å². The molecule has 3 rings (SSSR count). The van der Waals surface area contributed by atoms with Crippen molar-refractivity contribution in [3.05, 3.63) is 41.5 Å². The molecule has 33 heavy (non-hydrogen) atoms. The number of methoxy groups -OCH3 is 2. The van der Waals surface area contributed by atoms with Crippen molar-refractivity contribution >= 4 is 23.3 Å². The molecule has 0 radical (unpaired) electrons. The molecule has 178 valence electrons. The summed E-state index contributed by atoms with van der Waals surface area (Å²) < 4.78 is 16.4. The Labute approximate surface area is 192 Å². The summed E-state index contributed by atoms with van der Waals surface area (Å²) in [6, 6.07) is 8.31. The summed E-state index contributed by atoms with van der Waals surface area (Å²) in [5.74, 6) is 1.73. The Morgan fingerprint density at radius 2 is 1.94 bits per heavy atom. The van der Waals surface area contributed by atoms with Gasteiger partial charge in [0.2, 0.25) is 5.91 Å². The van der Waals surface area contributed by atoms with Crippen LogP contribution in [-0.2, 0) is 17.6 Å². The van der Waals surface area contributed by atoms with Gasteiger partial charge in [-0.25, -0.2) is 4.79 Å². The van der Waals surface area contributed by atoms with Crippen molar-refractivity contribution in [1.29, 1.82) is 0 Å². The van der Waals surface area contributed by atoms with E-state index in [9.17, 15) is 14.7 Å². The largest absolute Gasteiger partial charge is 0.493 e.